The minimum absolute atomic E-state index is 0.143. The van der Waals surface area contributed by atoms with Crippen molar-refractivity contribution in [1.82, 2.24) is 0 Å². The SMILES string of the molecule is CCCOc1ccccc1/C=C/C(=O)Nc1c(C)cc(C)cc1C. The van der Waals surface area contributed by atoms with E-state index in [1.54, 1.807) is 12.2 Å². The summed E-state index contributed by atoms with van der Waals surface area (Å²) in [6.07, 6.45) is 4.29. The number of hydrogen-bond acceptors (Lipinski definition) is 2. The summed E-state index contributed by atoms with van der Waals surface area (Å²) in [5.41, 5.74) is 5.12. The fourth-order valence-electron chi connectivity index (χ4n) is 2.67. The van der Waals surface area contributed by atoms with E-state index in [1.807, 2.05) is 38.1 Å². The number of nitrogens with one attached hydrogen (secondary N) is 1. The molecule has 0 heterocycles. The molecule has 126 valence electrons. The van der Waals surface area contributed by atoms with Crippen molar-refractivity contribution in [3.05, 3.63) is 64.7 Å². The van der Waals surface area contributed by atoms with Crippen molar-refractivity contribution in [1.29, 1.82) is 0 Å². The Morgan fingerprint density at radius 2 is 1.79 bits per heavy atom. The van der Waals surface area contributed by atoms with E-state index in [0.717, 1.165) is 34.5 Å². The highest BCUT2D eigenvalue weighted by Gasteiger charge is 2.06. The van der Waals surface area contributed by atoms with E-state index < -0.39 is 0 Å². The van der Waals surface area contributed by atoms with Gasteiger partial charge in [-0.1, -0.05) is 42.8 Å². The number of amides is 1. The van der Waals surface area contributed by atoms with Crippen LogP contribution in [0.2, 0.25) is 0 Å². The molecule has 3 heteroatoms. The summed E-state index contributed by atoms with van der Waals surface area (Å²) in [7, 11) is 0. The fourth-order valence-corrected chi connectivity index (χ4v) is 2.67. The zero-order chi connectivity index (χ0) is 17.5. The van der Waals surface area contributed by atoms with Crippen LogP contribution < -0.4 is 10.1 Å². The van der Waals surface area contributed by atoms with Gasteiger partial charge in [0, 0.05) is 17.3 Å². The summed E-state index contributed by atoms with van der Waals surface area (Å²) >= 11 is 0. The topological polar surface area (TPSA) is 38.3 Å². The van der Waals surface area contributed by atoms with Crippen LogP contribution in [0.25, 0.3) is 6.08 Å². The van der Waals surface area contributed by atoms with Crippen molar-refractivity contribution in [3.8, 4) is 5.75 Å². The van der Waals surface area contributed by atoms with Crippen LogP contribution >= 0.6 is 0 Å². The van der Waals surface area contributed by atoms with E-state index in [9.17, 15) is 4.79 Å². The molecule has 0 spiro atoms. The molecule has 1 amide bonds. The predicted molar refractivity (Wildman–Crippen MR) is 101 cm³/mol. The Kier molecular flexibility index (Phi) is 6.19. The summed E-state index contributed by atoms with van der Waals surface area (Å²) in [4.78, 5) is 12.3. The molecule has 2 aromatic rings. The normalized spacial score (nSPS) is 10.8. The molecule has 0 unspecified atom stereocenters. The Morgan fingerprint density at radius 3 is 2.46 bits per heavy atom. The van der Waals surface area contributed by atoms with Crippen molar-refractivity contribution in [2.75, 3.05) is 11.9 Å². The smallest absolute Gasteiger partial charge is 0.248 e. The third kappa shape index (κ3) is 4.72. The molecule has 2 aromatic carbocycles. The minimum Gasteiger partial charge on any atom is -0.493 e. The second kappa shape index (κ2) is 8.34. The molecule has 0 saturated heterocycles. The fraction of sp³-hybridized carbons (Fsp3) is 0.286. The van der Waals surface area contributed by atoms with Crippen molar-refractivity contribution < 1.29 is 9.53 Å². The third-order valence-electron chi connectivity index (χ3n) is 3.72. The lowest BCUT2D eigenvalue weighted by Gasteiger charge is -2.11. The van der Waals surface area contributed by atoms with Crippen LogP contribution in [0, 0.1) is 20.8 Å². The first-order valence-corrected chi connectivity index (χ1v) is 8.30. The molecule has 0 fully saturated rings. The van der Waals surface area contributed by atoms with Gasteiger partial charge < -0.3 is 10.1 Å². The second-order valence-electron chi connectivity index (χ2n) is 5.98. The molecule has 0 saturated carbocycles. The van der Waals surface area contributed by atoms with Crippen LogP contribution in [-0.2, 0) is 4.79 Å². The maximum Gasteiger partial charge on any atom is 0.248 e. The molecule has 1 N–H and O–H groups in total. The molecular formula is C21H25NO2. The average Bonchev–Trinajstić information content (AvgIpc) is 2.55. The number of anilines is 1. The van der Waals surface area contributed by atoms with Gasteiger partial charge in [-0.25, -0.2) is 0 Å². The van der Waals surface area contributed by atoms with Gasteiger partial charge in [0.1, 0.15) is 5.75 Å². The first kappa shape index (κ1) is 17.8. The molecule has 0 aliphatic heterocycles. The van der Waals surface area contributed by atoms with E-state index >= 15 is 0 Å². The molecule has 2 rings (SSSR count). The predicted octanol–water partition coefficient (Wildman–Crippen LogP) is 5.05. The zero-order valence-corrected chi connectivity index (χ0v) is 14.8. The lowest BCUT2D eigenvalue weighted by Crippen LogP contribution is -2.10. The molecule has 0 atom stereocenters. The van der Waals surface area contributed by atoms with Crippen molar-refractivity contribution in [2.24, 2.45) is 0 Å². The van der Waals surface area contributed by atoms with Gasteiger partial charge in [0.25, 0.3) is 0 Å². The third-order valence-corrected chi connectivity index (χ3v) is 3.72. The Hall–Kier alpha value is -2.55. The molecule has 0 aromatic heterocycles. The molecule has 3 nitrogen and oxygen atoms in total. The Morgan fingerprint density at radius 1 is 1.12 bits per heavy atom. The summed E-state index contributed by atoms with van der Waals surface area (Å²) in [6, 6.07) is 11.9. The van der Waals surface area contributed by atoms with E-state index in [0.29, 0.717) is 6.61 Å². The minimum atomic E-state index is -0.143. The zero-order valence-electron chi connectivity index (χ0n) is 14.8. The van der Waals surface area contributed by atoms with Gasteiger partial charge in [0.2, 0.25) is 5.91 Å². The quantitative estimate of drug-likeness (QED) is 0.755. The van der Waals surface area contributed by atoms with Crippen LogP contribution in [0.1, 0.15) is 35.6 Å². The van der Waals surface area contributed by atoms with E-state index in [2.05, 4.69) is 31.3 Å². The summed E-state index contributed by atoms with van der Waals surface area (Å²) in [5, 5.41) is 2.97. The molecule has 0 aliphatic rings. The number of benzene rings is 2. The number of hydrogen-bond donors (Lipinski definition) is 1. The Labute approximate surface area is 144 Å². The maximum atomic E-state index is 12.3. The van der Waals surface area contributed by atoms with E-state index in [4.69, 9.17) is 4.74 Å². The number of aryl methyl sites for hydroxylation is 3. The summed E-state index contributed by atoms with van der Waals surface area (Å²) in [6.45, 7) is 8.80. The molecule has 0 radical (unpaired) electrons. The van der Waals surface area contributed by atoms with Gasteiger partial charge in [-0.15, -0.1) is 0 Å². The van der Waals surface area contributed by atoms with Gasteiger partial charge in [0.15, 0.2) is 0 Å². The highest BCUT2D eigenvalue weighted by Crippen LogP contribution is 2.23. The molecule has 0 aliphatic carbocycles. The monoisotopic (exact) mass is 323 g/mol. The van der Waals surface area contributed by atoms with Crippen LogP contribution in [0.5, 0.6) is 5.75 Å². The highest BCUT2D eigenvalue weighted by atomic mass is 16.5. The number of rotatable bonds is 6. The average molecular weight is 323 g/mol. The van der Waals surface area contributed by atoms with Gasteiger partial charge >= 0.3 is 0 Å². The Bertz CT molecular complexity index is 724. The van der Waals surface area contributed by atoms with E-state index in [-0.39, 0.29) is 5.91 Å². The van der Waals surface area contributed by atoms with Crippen LogP contribution in [0.15, 0.2) is 42.5 Å². The Balaban J connectivity index is 2.12. The first-order chi connectivity index (χ1) is 11.5. The first-order valence-electron chi connectivity index (χ1n) is 8.30. The number of carbonyl (C=O) groups is 1. The summed E-state index contributed by atoms with van der Waals surface area (Å²) < 4.78 is 5.71. The molecule has 24 heavy (non-hydrogen) atoms. The number of para-hydroxylation sites is 1. The van der Waals surface area contributed by atoms with Gasteiger partial charge in [0.05, 0.1) is 6.61 Å². The van der Waals surface area contributed by atoms with Crippen LogP contribution in [-0.4, -0.2) is 12.5 Å². The van der Waals surface area contributed by atoms with Gasteiger partial charge in [-0.3, -0.25) is 4.79 Å². The molecular weight excluding hydrogens is 298 g/mol. The van der Waals surface area contributed by atoms with Crippen molar-refractivity contribution >= 4 is 17.7 Å². The standard InChI is InChI=1S/C21H25NO2/c1-5-12-24-19-9-7-6-8-18(19)10-11-20(23)22-21-16(3)13-15(2)14-17(21)4/h6-11,13-14H,5,12H2,1-4H3,(H,22,23)/b11-10+. The van der Waals surface area contributed by atoms with E-state index in [1.165, 1.54) is 5.56 Å². The highest BCUT2D eigenvalue weighted by molar-refractivity contribution is 6.03. The van der Waals surface area contributed by atoms with Crippen LogP contribution in [0.4, 0.5) is 5.69 Å². The number of carbonyl (C=O) groups excluding carboxylic acids is 1. The van der Waals surface area contributed by atoms with Gasteiger partial charge in [-0.2, -0.15) is 0 Å². The summed E-state index contributed by atoms with van der Waals surface area (Å²) in [5.74, 6) is 0.654. The lowest BCUT2D eigenvalue weighted by atomic mass is 10.1. The maximum absolute atomic E-state index is 12.3. The number of ether oxygens (including phenoxy) is 1. The largest absolute Gasteiger partial charge is 0.493 e. The van der Waals surface area contributed by atoms with Crippen molar-refractivity contribution in [3.63, 3.8) is 0 Å². The van der Waals surface area contributed by atoms with Crippen molar-refractivity contribution in [2.45, 2.75) is 34.1 Å². The molecule has 0 bridgehead atoms. The second-order valence-corrected chi connectivity index (χ2v) is 5.98. The lowest BCUT2D eigenvalue weighted by molar-refractivity contribution is -0.111. The van der Waals surface area contributed by atoms with Crippen LogP contribution in [0.3, 0.4) is 0 Å². The van der Waals surface area contributed by atoms with Gasteiger partial charge in [-0.05, 0) is 50.5 Å².